The Morgan fingerprint density at radius 1 is 1.29 bits per heavy atom. The zero-order valence-corrected chi connectivity index (χ0v) is 10.2. The van der Waals surface area contributed by atoms with Crippen molar-refractivity contribution >= 4 is 11.0 Å². The Bertz CT molecular complexity index is 569. The molecule has 2 aromatic rings. The lowest BCUT2D eigenvalue weighted by molar-refractivity contribution is 0.414. The van der Waals surface area contributed by atoms with Gasteiger partial charge >= 0.3 is 5.63 Å². The molecule has 0 bridgehead atoms. The highest BCUT2D eigenvalue weighted by Crippen LogP contribution is 2.20. The molecule has 0 fully saturated rings. The van der Waals surface area contributed by atoms with Crippen LogP contribution in [0.1, 0.15) is 25.3 Å². The SMILES string of the molecule is CCCCc1cc2ccc(OC)cc2oc1=O. The first-order chi connectivity index (χ1) is 8.24. The van der Waals surface area contributed by atoms with Gasteiger partial charge in [-0.05, 0) is 31.0 Å². The first-order valence-electron chi connectivity index (χ1n) is 5.85. The Morgan fingerprint density at radius 2 is 2.12 bits per heavy atom. The number of fused-ring (bicyclic) bond motifs is 1. The minimum Gasteiger partial charge on any atom is -0.497 e. The van der Waals surface area contributed by atoms with Gasteiger partial charge in [0.1, 0.15) is 11.3 Å². The molecule has 1 aromatic heterocycles. The fraction of sp³-hybridized carbons (Fsp3) is 0.357. The van der Waals surface area contributed by atoms with Crippen LogP contribution in [0.3, 0.4) is 0 Å². The van der Waals surface area contributed by atoms with E-state index in [1.54, 1.807) is 13.2 Å². The largest absolute Gasteiger partial charge is 0.497 e. The van der Waals surface area contributed by atoms with Gasteiger partial charge in [0, 0.05) is 17.0 Å². The second-order valence-electron chi connectivity index (χ2n) is 4.07. The van der Waals surface area contributed by atoms with Gasteiger partial charge < -0.3 is 9.15 Å². The van der Waals surface area contributed by atoms with Gasteiger partial charge in [0.2, 0.25) is 0 Å². The fourth-order valence-corrected chi connectivity index (χ4v) is 1.80. The molecule has 0 N–H and O–H groups in total. The summed E-state index contributed by atoms with van der Waals surface area (Å²) in [6.45, 7) is 2.10. The lowest BCUT2D eigenvalue weighted by Crippen LogP contribution is -2.06. The number of aryl methyl sites for hydroxylation is 1. The highest BCUT2D eigenvalue weighted by molar-refractivity contribution is 5.78. The molecule has 1 heterocycles. The first kappa shape index (κ1) is 11.7. The number of benzene rings is 1. The topological polar surface area (TPSA) is 39.4 Å². The van der Waals surface area contributed by atoms with Crippen LogP contribution in [0.15, 0.2) is 33.5 Å². The van der Waals surface area contributed by atoms with E-state index in [9.17, 15) is 4.79 Å². The second kappa shape index (κ2) is 5.04. The highest BCUT2D eigenvalue weighted by Gasteiger charge is 2.05. The van der Waals surface area contributed by atoms with E-state index < -0.39 is 0 Å². The zero-order valence-electron chi connectivity index (χ0n) is 10.2. The lowest BCUT2D eigenvalue weighted by Gasteiger charge is -2.03. The number of methoxy groups -OCH3 is 1. The van der Waals surface area contributed by atoms with Crippen molar-refractivity contribution in [3.8, 4) is 5.75 Å². The summed E-state index contributed by atoms with van der Waals surface area (Å²) in [5.74, 6) is 0.696. The van der Waals surface area contributed by atoms with Crippen molar-refractivity contribution in [2.75, 3.05) is 7.11 Å². The van der Waals surface area contributed by atoms with Gasteiger partial charge in [0.25, 0.3) is 0 Å². The van der Waals surface area contributed by atoms with Crippen LogP contribution >= 0.6 is 0 Å². The van der Waals surface area contributed by atoms with Gasteiger partial charge in [-0.2, -0.15) is 0 Å². The minimum atomic E-state index is -0.237. The summed E-state index contributed by atoms with van der Waals surface area (Å²) in [6, 6.07) is 7.43. The van der Waals surface area contributed by atoms with Crippen molar-refractivity contribution in [2.45, 2.75) is 26.2 Å². The summed E-state index contributed by atoms with van der Waals surface area (Å²) in [6.07, 6.45) is 2.85. The molecule has 0 unspecified atom stereocenters. The maximum atomic E-state index is 11.7. The molecule has 2 rings (SSSR count). The van der Waals surface area contributed by atoms with Crippen LogP contribution in [0.4, 0.5) is 0 Å². The number of ether oxygens (including phenoxy) is 1. The van der Waals surface area contributed by atoms with E-state index in [1.165, 1.54) is 0 Å². The van der Waals surface area contributed by atoms with Crippen molar-refractivity contribution in [3.05, 3.63) is 40.2 Å². The van der Waals surface area contributed by atoms with Crippen molar-refractivity contribution in [3.63, 3.8) is 0 Å². The van der Waals surface area contributed by atoms with E-state index in [4.69, 9.17) is 9.15 Å². The lowest BCUT2D eigenvalue weighted by atomic mass is 10.1. The van der Waals surface area contributed by atoms with E-state index in [-0.39, 0.29) is 5.63 Å². The van der Waals surface area contributed by atoms with Crippen LogP contribution in [-0.4, -0.2) is 7.11 Å². The molecule has 0 radical (unpaired) electrons. The Hall–Kier alpha value is -1.77. The van der Waals surface area contributed by atoms with Crippen LogP contribution in [0.5, 0.6) is 5.75 Å². The van der Waals surface area contributed by atoms with Crippen LogP contribution < -0.4 is 10.4 Å². The monoisotopic (exact) mass is 232 g/mol. The van der Waals surface area contributed by atoms with Crippen molar-refractivity contribution in [2.24, 2.45) is 0 Å². The summed E-state index contributed by atoms with van der Waals surface area (Å²) in [4.78, 5) is 11.7. The molecule has 0 spiro atoms. The first-order valence-corrected chi connectivity index (χ1v) is 5.85. The zero-order chi connectivity index (χ0) is 12.3. The number of rotatable bonds is 4. The molecule has 90 valence electrons. The number of unbranched alkanes of at least 4 members (excludes halogenated alkanes) is 1. The molecular formula is C14H16O3. The van der Waals surface area contributed by atoms with Gasteiger partial charge in [-0.15, -0.1) is 0 Å². The molecule has 0 saturated carbocycles. The Labute approximate surface area is 100 Å². The molecular weight excluding hydrogens is 216 g/mol. The smallest absolute Gasteiger partial charge is 0.339 e. The molecule has 1 aromatic carbocycles. The summed E-state index contributed by atoms with van der Waals surface area (Å²) in [5.41, 5.74) is 1.10. The molecule has 0 aliphatic rings. The number of hydrogen-bond donors (Lipinski definition) is 0. The molecule has 3 nitrogen and oxygen atoms in total. The van der Waals surface area contributed by atoms with Crippen LogP contribution in [-0.2, 0) is 6.42 Å². The molecule has 0 amide bonds. The highest BCUT2D eigenvalue weighted by atomic mass is 16.5. The third-order valence-electron chi connectivity index (χ3n) is 2.81. The molecule has 17 heavy (non-hydrogen) atoms. The van der Waals surface area contributed by atoms with Gasteiger partial charge in [0.05, 0.1) is 7.11 Å². The van der Waals surface area contributed by atoms with Crippen molar-refractivity contribution < 1.29 is 9.15 Å². The van der Waals surface area contributed by atoms with Crippen molar-refractivity contribution in [1.82, 2.24) is 0 Å². The number of hydrogen-bond acceptors (Lipinski definition) is 3. The predicted octanol–water partition coefficient (Wildman–Crippen LogP) is 3.14. The quantitative estimate of drug-likeness (QED) is 0.760. The fourth-order valence-electron chi connectivity index (χ4n) is 1.80. The molecule has 0 aliphatic heterocycles. The third kappa shape index (κ3) is 2.49. The third-order valence-corrected chi connectivity index (χ3v) is 2.81. The Kier molecular flexibility index (Phi) is 3.47. The molecule has 3 heteroatoms. The second-order valence-corrected chi connectivity index (χ2v) is 4.07. The maximum Gasteiger partial charge on any atom is 0.339 e. The van der Waals surface area contributed by atoms with Gasteiger partial charge in [-0.1, -0.05) is 13.3 Å². The van der Waals surface area contributed by atoms with Gasteiger partial charge in [-0.3, -0.25) is 0 Å². The Morgan fingerprint density at radius 3 is 2.82 bits per heavy atom. The van der Waals surface area contributed by atoms with E-state index >= 15 is 0 Å². The van der Waals surface area contributed by atoms with Gasteiger partial charge in [0.15, 0.2) is 0 Å². The summed E-state index contributed by atoms with van der Waals surface area (Å²) < 4.78 is 10.4. The minimum absolute atomic E-state index is 0.237. The van der Waals surface area contributed by atoms with E-state index in [1.807, 2.05) is 18.2 Å². The summed E-state index contributed by atoms with van der Waals surface area (Å²) in [5, 5.41) is 0.941. The normalized spacial score (nSPS) is 10.7. The van der Waals surface area contributed by atoms with E-state index in [2.05, 4.69) is 6.92 Å². The predicted molar refractivity (Wildman–Crippen MR) is 67.6 cm³/mol. The maximum absolute atomic E-state index is 11.7. The molecule has 0 atom stereocenters. The van der Waals surface area contributed by atoms with Crippen molar-refractivity contribution in [1.29, 1.82) is 0 Å². The average Bonchev–Trinajstić information content (AvgIpc) is 2.35. The van der Waals surface area contributed by atoms with Crippen LogP contribution in [0, 0.1) is 0 Å². The van der Waals surface area contributed by atoms with E-state index in [0.29, 0.717) is 11.3 Å². The standard InChI is InChI=1S/C14H16O3/c1-3-4-5-11-8-10-6-7-12(16-2)9-13(10)17-14(11)15/h6-9H,3-5H2,1-2H3. The Balaban J connectivity index is 2.47. The van der Waals surface area contributed by atoms with Crippen LogP contribution in [0.2, 0.25) is 0 Å². The van der Waals surface area contributed by atoms with Crippen LogP contribution in [0.25, 0.3) is 11.0 Å². The van der Waals surface area contributed by atoms with E-state index in [0.717, 1.165) is 30.2 Å². The summed E-state index contributed by atoms with van der Waals surface area (Å²) in [7, 11) is 1.59. The molecule has 0 saturated heterocycles. The van der Waals surface area contributed by atoms with Gasteiger partial charge in [-0.25, -0.2) is 4.79 Å². The average molecular weight is 232 g/mol. The summed E-state index contributed by atoms with van der Waals surface area (Å²) >= 11 is 0. The molecule has 0 aliphatic carbocycles.